The zero-order valence-corrected chi connectivity index (χ0v) is 17.4. The molecule has 0 aliphatic rings. The summed E-state index contributed by atoms with van der Waals surface area (Å²) < 4.78 is 31.8. The van der Waals surface area contributed by atoms with Crippen molar-refractivity contribution in [2.75, 3.05) is 23.8 Å². The summed E-state index contributed by atoms with van der Waals surface area (Å²) in [5.41, 5.74) is 1.24. The highest BCUT2D eigenvalue weighted by molar-refractivity contribution is 7.92. The first-order valence-corrected chi connectivity index (χ1v) is 10.4. The van der Waals surface area contributed by atoms with Crippen LogP contribution in [0.2, 0.25) is 5.02 Å². The van der Waals surface area contributed by atoms with Gasteiger partial charge in [-0.2, -0.15) is 0 Å². The maximum atomic E-state index is 12.7. The summed E-state index contributed by atoms with van der Waals surface area (Å²) in [6.45, 7) is 0. The SMILES string of the molecule is COc1ccc(Cl)cc1NC(=O)c1ccc(N(C)S(=O)(=O)c2ccccc2)cc1. The maximum Gasteiger partial charge on any atom is 0.264 e. The van der Waals surface area contributed by atoms with Crippen LogP contribution in [-0.4, -0.2) is 28.5 Å². The smallest absolute Gasteiger partial charge is 0.264 e. The van der Waals surface area contributed by atoms with Crippen LogP contribution in [0.3, 0.4) is 0 Å². The van der Waals surface area contributed by atoms with Gasteiger partial charge in [0.05, 0.1) is 23.4 Å². The van der Waals surface area contributed by atoms with Crippen LogP contribution in [0.4, 0.5) is 11.4 Å². The Kier molecular flexibility index (Phi) is 6.10. The van der Waals surface area contributed by atoms with E-state index in [-0.39, 0.29) is 10.8 Å². The Morgan fingerprint density at radius 3 is 2.28 bits per heavy atom. The lowest BCUT2D eigenvalue weighted by Crippen LogP contribution is -2.26. The fraction of sp³-hybridized carbons (Fsp3) is 0.0952. The number of ether oxygens (including phenoxy) is 1. The molecular weight excluding hydrogens is 412 g/mol. The lowest BCUT2D eigenvalue weighted by molar-refractivity contribution is 0.102. The number of hydrogen-bond acceptors (Lipinski definition) is 4. The monoisotopic (exact) mass is 430 g/mol. The molecule has 1 amide bonds. The Morgan fingerprint density at radius 1 is 1.00 bits per heavy atom. The molecule has 0 aromatic heterocycles. The van der Waals surface area contributed by atoms with Crippen molar-refractivity contribution in [3.63, 3.8) is 0 Å². The zero-order chi connectivity index (χ0) is 21.0. The van der Waals surface area contributed by atoms with Gasteiger partial charge in [0.1, 0.15) is 5.75 Å². The Balaban J connectivity index is 1.80. The van der Waals surface area contributed by atoms with E-state index in [9.17, 15) is 13.2 Å². The molecule has 0 aliphatic heterocycles. The molecule has 6 nitrogen and oxygen atoms in total. The summed E-state index contributed by atoms with van der Waals surface area (Å²) >= 11 is 5.98. The summed E-state index contributed by atoms with van der Waals surface area (Å²) in [6.07, 6.45) is 0. The van der Waals surface area contributed by atoms with Gasteiger partial charge in [-0.15, -0.1) is 0 Å². The van der Waals surface area contributed by atoms with Crippen molar-refractivity contribution >= 4 is 38.9 Å². The number of rotatable bonds is 6. The quantitative estimate of drug-likeness (QED) is 0.627. The molecule has 0 atom stereocenters. The lowest BCUT2D eigenvalue weighted by atomic mass is 10.2. The molecule has 0 heterocycles. The van der Waals surface area contributed by atoms with Gasteiger partial charge < -0.3 is 10.1 Å². The largest absolute Gasteiger partial charge is 0.495 e. The molecule has 0 bridgehead atoms. The van der Waals surface area contributed by atoms with Gasteiger partial charge in [-0.1, -0.05) is 29.8 Å². The molecular formula is C21H19ClN2O4S. The summed E-state index contributed by atoms with van der Waals surface area (Å²) in [5, 5.41) is 3.21. The molecule has 29 heavy (non-hydrogen) atoms. The maximum absolute atomic E-state index is 12.7. The third-order valence-electron chi connectivity index (χ3n) is 4.30. The predicted molar refractivity (Wildman–Crippen MR) is 114 cm³/mol. The Bertz CT molecular complexity index is 1120. The normalized spacial score (nSPS) is 11.0. The van der Waals surface area contributed by atoms with Gasteiger partial charge in [0.2, 0.25) is 0 Å². The number of carbonyl (C=O) groups is 1. The highest BCUT2D eigenvalue weighted by Gasteiger charge is 2.21. The first kappa shape index (κ1) is 20.7. The van der Waals surface area contributed by atoms with Crippen LogP contribution in [0, 0.1) is 0 Å². The third kappa shape index (κ3) is 4.52. The summed E-state index contributed by atoms with van der Waals surface area (Å²) in [5.74, 6) is 0.110. The third-order valence-corrected chi connectivity index (χ3v) is 6.34. The summed E-state index contributed by atoms with van der Waals surface area (Å²) in [4.78, 5) is 12.7. The van der Waals surface area contributed by atoms with E-state index >= 15 is 0 Å². The van der Waals surface area contributed by atoms with E-state index in [1.54, 1.807) is 60.7 Å². The second kappa shape index (κ2) is 8.55. The van der Waals surface area contributed by atoms with Crippen molar-refractivity contribution in [3.05, 3.63) is 83.4 Å². The minimum atomic E-state index is -3.69. The van der Waals surface area contributed by atoms with Gasteiger partial charge in [0, 0.05) is 17.6 Å². The van der Waals surface area contributed by atoms with Crippen molar-refractivity contribution < 1.29 is 17.9 Å². The lowest BCUT2D eigenvalue weighted by Gasteiger charge is -2.19. The van der Waals surface area contributed by atoms with Gasteiger partial charge in [-0.25, -0.2) is 8.42 Å². The van der Waals surface area contributed by atoms with Crippen LogP contribution in [0.5, 0.6) is 5.75 Å². The predicted octanol–water partition coefficient (Wildman–Crippen LogP) is 4.43. The number of nitrogens with one attached hydrogen (secondary N) is 1. The Hall–Kier alpha value is -3.03. The average Bonchev–Trinajstić information content (AvgIpc) is 2.74. The first-order chi connectivity index (χ1) is 13.8. The topological polar surface area (TPSA) is 75.7 Å². The van der Waals surface area contributed by atoms with Gasteiger partial charge in [-0.3, -0.25) is 9.10 Å². The van der Waals surface area contributed by atoms with Crippen LogP contribution in [0.25, 0.3) is 0 Å². The second-order valence-electron chi connectivity index (χ2n) is 6.13. The standard InChI is InChI=1S/C21H19ClN2O4S/c1-24(29(26,27)18-6-4-3-5-7-18)17-11-8-15(9-12-17)21(25)23-19-14-16(22)10-13-20(19)28-2/h3-14H,1-2H3,(H,23,25). The van der Waals surface area contributed by atoms with E-state index in [2.05, 4.69) is 5.32 Å². The number of hydrogen-bond donors (Lipinski definition) is 1. The average molecular weight is 431 g/mol. The van der Waals surface area contributed by atoms with Crippen LogP contribution >= 0.6 is 11.6 Å². The van der Waals surface area contributed by atoms with Gasteiger partial charge >= 0.3 is 0 Å². The number of methoxy groups -OCH3 is 1. The summed E-state index contributed by atoms with van der Waals surface area (Å²) in [7, 11) is -0.723. The van der Waals surface area contributed by atoms with Crippen LogP contribution in [0.1, 0.15) is 10.4 Å². The number of benzene rings is 3. The molecule has 0 spiro atoms. The number of sulfonamides is 1. The van der Waals surface area contributed by atoms with Gasteiger partial charge in [0.15, 0.2) is 0 Å². The van der Waals surface area contributed by atoms with Crippen molar-refractivity contribution in [2.24, 2.45) is 0 Å². The van der Waals surface area contributed by atoms with E-state index in [4.69, 9.17) is 16.3 Å². The van der Waals surface area contributed by atoms with Gasteiger partial charge in [0.25, 0.3) is 15.9 Å². The fourth-order valence-electron chi connectivity index (χ4n) is 2.68. The molecule has 0 fully saturated rings. The van der Waals surface area contributed by atoms with E-state index < -0.39 is 10.0 Å². The first-order valence-electron chi connectivity index (χ1n) is 8.62. The molecule has 0 radical (unpaired) electrons. The molecule has 150 valence electrons. The molecule has 0 saturated heterocycles. The van der Waals surface area contributed by atoms with E-state index in [0.29, 0.717) is 27.7 Å². The van der Waals surface area contributed by atoms with E-state index in [0.717, 1.165) is 0 Å². The van der Waals surface area contributed by atoms with Crippen LogP contribution < -0.4 is 14.4 Å². The molecule has 0 unspecified atom stereocenters. The molecule has 0 aliphatic carbocycles. The molecule has 8 heteroatoms. The summed E-state index contributed by atoms with van der Waals surface area (Å²) in [6, 6.07) is 19.3. The molecule has 3 aromatic rings. The molecule has 1 N–H and O–H groups in total. The van der Waals surface area contributed by atoms with Crippen molar-refractivity contribution in [1.82, 2.24) is 0 Å². The van der Waals surface area contributed by atoms with E-state index in [1.165, 1.54) is 30.6 Å². The van der Waals surface area contributed by atoms with Crippen LogP contribution in [0.15, 0.2) is 77.7 Å². The van der Waals surface area contributed by atoms with Crippen molar-refractivity contribution in [1.29, 1.82) is 0 Å². The van der Waals surface area contributed by atoms with Crippen LogP contribution in [-0.2, 0) is 10.0 Å². The molecule has 0 saturated carbocycles. The van der Waals surface area contributed by atoms with E-state index in [1.807, 2.05) is 0 Å². The highest BCUT2D eigenvalue weighted by atomic mass is 35.5. The van der Waals surface area contributed by atoms with Gasteiger partial charge in [-0.05, 0) is 54.6 Å². The Labute approximate surface area is 174 Å². The zero-order valence-electron chi connectivity index (χ0n) is 15.8. The molecule has 3 rings (SSSR count). The minimum absolute atomic E-state index is 0.192. The minimum Gasteiger partial charge on any atom is -0.495 e. The number of amides is 1. The fourth-order valence-corrected chi connectivity index (χ4v) is 4.07. The number of nitrogens with zero attached hydrogens (tertiary/aromatic N) is 1. The number of anilines is 2. The van der Waals surface area contributed by atoms with Crippen molar-refractivity contribution in [2.45, 2.75) is 4.90 Å². The highest BCUT2D eigenvalue weighted by Crippen LogP contribution is 2.28. The number of halogens is 1. The number of carbonyl (C=O) groups excluding carboxylic acids is 1. The second-order valence-corrected chi connectivity index (χ2v) is 8.54. The Morgan fingerprint density at radius 2 is 1.66 bits per heavy atom. The van der Waals surface area contributed by atoms with Crippen molar-refractivity contribution in [3.8, 4) is 5.75 Å². The molecule has 3 aromatic carbocycles.